The zero-order chi connectivity index (χ0) is 24.6. The van der Waals surface area contributed by atoms with Crippen molar-refractivity contribution >= 4 is 33.6 Å². The summed E-state index contributed by atoms with van der Waals surface area (Å²) in [6, 6.07) is 6.28. The van der Waals surface area contributed by atoms with Gasteiger partial charge in [0.15, 0.2) is 15.2 Å². The summed E-state index contributed by atoms with van der Waals surface area (Å²) >= 11 is 0. The Kier molecular flexibility index (Phi) is 6.49. The van der Waals surface area contributed by atoms with E-state index in [1.54, 1.807) is 30.3 Å². The van der Waals surface area contributed by atoms with Gasteiger partial charge in [-0.15, -0.1) is 0 Å². The molecule has 1 N–H and O–H groups in total. The summed E-state index contributed by atoms with van der Waals surface area (Å²) in [5.74, 6) is -6.60. The molecule has 0 spiro atoms. The van der Waals surface area contributed by atoms with Crippen LogP contribution >= 0.6 is 0 Å². The molecule has 1 aromatic rings. The number of sulfone groups is 1. The van der Waals surface area contributed by atoms with Crippen molar-refractivity contribution in [3.8, 4) is 0 Å². The van der Waals surface area contributed by atoms with Crippen molar-refractivity contribution in [1.82, 2.24) is 10.2 Å². The number of amides is 2. The number of carbonyl (C=O) groups excluding carboxylic acids is 4. The Morgan fingerprint density at radius 3 is 2.33 bits per heavy atom. The maximum Gasteiger partial charge on any atom is 0.471 e. The first-order valence-corrected chi connectivity index (χ1v) is 11.0. The maximum absolute atomic E-state index is 12.8. The number of benzene rings is 1. The van der Waals surface area contributed by atoms with Crippen LogP contribution in [0.2, 0.25) is 0 Å². The minimum Gasteiger partial charge on any atom is -0.461 e. The highest BCUT2D eigenvalue weighted by molar-refractivity contribution is 7.92. The number of ether oxygens (including phenoxy) is 2. The van der Waals surface area contributed by atoms with E-state index in [1.807, 2.05) is 0 Å². The average Bonchev–Trinajstić information content (AvgIpc) is 2.73. The largest absolute Gasteiger partial charge is 0.471 e. The van der Waals surface area contributed by atoms with Gasteiger partial charge in [-0.05, 0) is 5.56 Å². The van der Waals surface area contributed by atoms with E-state index < -0.39 is 69.2 Å². The summed E-state index contributed by atoms with van der Waals surface area (Å²) in [6.07, 6.45) is -5.35. The fraction of sp³-hybridized carbons (Fsp3) is 0.368. The van der Waals surface area contributed by atoms with Gasteiger partial charge in [-0.1, -0.05) is 30.3 Å². The molecule has 1 unspecified atom stereocenters. The van der Waals surface area contributed by atoms with Crippen molar-refractivity contribution in [2.24, 2.45) is 0 Å². The van der Waals surface area contributed by atoms with Gasteiger partial charge in [-0.3, -0.25) is 19.3 Å². The fourth-order valence-electron chi connectivity index (χ4n) is 3.33. The first kappa shape index (κ1) is 24.2. The molecule has 1 aromatic carbocycles. The van der Waals surface area contributed by atoms with E-state index in [1.165, 1.54) is 5.32 Å². The Balaban J connectivity index is 1.92. The number of β-lactam (4-membered cyclic amide) rings is 1. The molecule has 0 aromatic heterocycles. The van der Waals surface area contributed by atoms with Crippen molar-refractivity contribution in [2.75, 3.05) is 12.4 Å². The summed E-state index contributed by atoms with van der Waals surface area (Å²) in [5.41, 5.74) is -0.277. The van der Waals surface area contributed by atoms with Crippen LogP contribution in [-0.2, 0) is 45.1 Å². The Hall–Kier alpha value is -3.42. The molecule has 2 amide bonds. The van der Waals surface area contributed by atoms with Gasteiger partial charge in [-0.2, -0.15) is 13.2 Å². The summed E-state index contributed by atoms with van der Waals surface area (Å²) in [7, 11) is -4.36. The number of nitrogens with one attached hydrogen (secondary N) is 1. The van der Waals surface area contributed by atoms with Gasteiger partial charge in [0.05, 0.1) is 5.75 Å². The molecule has 3 rings (SSSR count). The molecule has 0 radical (unpaired) electrons. The van der Waals surface area contributed by atoms with Gasteiger partial charge in [0.1, 0.15) is 25.0 Å². The summed E-state index contributed by atoms with van der Waals surface area (Å²) in [6.45, 7) is 0.115. The van der Waals surface area contributed by atoms with E-state index in [-0.39, 0.29) is 12.2 Å². The topological polar surface area (TPSA) is 136 Å². The molecule has 0 aliphatic carbocycles. The number of halogens is 3. The number of nitrogens with zero attached hydrogens (tertiary/aromatic N) is 1. The molecule has 14 heteroatoms. The van der Waals surface area contributed by atoms with Crippen LogP contribution < -0.4 is 5.32 Å². The van der Waals surface area contributed by atoms with Gasteiger partial charge in [0, 0.05) is 12.5 Å². The van der Waals surface area contributed by atoms with E-state index in [0.29, 0.717) is 10.5 Å². The van der Waals surface area contributed by atoms with Crippen LogP contribution in [0.5, 0.6) is 0 Å². The Labute approximate surface area is 185 Å². The first-order valence-electron chi connectivity index (χ1n) is 9.31. The second-order valence-electron chi connectivity index (χ2n) is 7.15. The quantitative estimate of drug-likeness (QED) is 0.441. The predicted octanol–water partition coefficient (Wildman–Crippen LogP) is 0.191. The minimum absolute atomic E-state index is 0.252. The lowest BCUT2D eigenvalue weighted by atomic mass is 10.0. The van der Waals surface area contributed by atoms with E-state index in [2.05, 4.69) is 0 Å². The molecular weight excluding hydrogens is 473 g/mol. The second kappa shape index (κ2) is 8.84. The second-order valence-corrected chi connectivity index (χ2v) is 9.25. The Morgan fingerprint density at radius 1 is 1.12 bits per heavy atom. The van der Waals surface area contributed by atoms with Gasteiger partial charge >= 0.3 is 24.0 Å². The van der Waals surface area contributed by atoms with E-state index >= 15 is 0 Å². The molecule has 2 aliphatic rings. The zero-order valence-electron chi connectivity index (χ0n) is 16.9. The van der Waals surface area contributed by atoms with E-state index in [0.717, 1.165) is 6.92 Å². The molecule has 2 atom stereocenters. The molecule has 0 bridgehead atoms. The maximum atomic E-state index is 12.8. The lowest BCUT2D eigenvalue weighted by Crippen LogP contribution is -2.75. The van der Waals surface area contributed by atoms with Crippen LogP contribution in [0.15, 0.2) is 41.6 Å². The molecule has 178 valence electrons. The van der Waals surface area contributed by atoms with Crippen LogP contribution in [0.25, 0.3) is 0 Å². The minimum atomic E-state index is -5.35. The third-order valence-corrected chi connectivity index (χ3v) is 6.73. The number of carbonyl (C=O) groups is 4. The highest BCUT2D eigenvalue weighted by atomic mass is 32.2. The van der Waals surface area contributed by atoms with Crippen LogP contribution in [0.3, 0.4) is 0 Å². The van der Waals surface area contributed by atoms with Crippen molar-refractivity contribution in [1.29, 1.82) is 0 Å². The lowest BCUT2D eigenvalue weighted by molar-refractivity contribution is -0.177. The Bertz CT molecular complexity index is 1130. The van der Waals surface area contributed by atoms with Crippen molar-refractivity contribution in [3.05, 3.63) is 47.2 Å². The number of hydrogen-bond donors (Lipinski definition) is 1. The van der Waals surface area contributed by atoms with E-state index in [4.69, 9.17) is 9.47 Å². The summed E-state index contributed by atoms with van der Waals surface area (Å²) in [5, 5.41) is -0.599. The lowest BCUT2D eigenvalue weighted by Gasteiger charge is -2.49. The van der Waals surface area contributed by atoms with Gasteiger partial charge in [0.25, 0.3) is 5.91 Å². The molecule has 1 fully saturated rings. The number of alkyl halides is 3. The third kappa shape index (κ3) is 4.99. The third-order valence-electron chi connectivity index (χ3n) is 4.76. The Morgan fingerprint density at radius 2 is 1.76 bits per heavy atom. The van der Waals surface area contributed by atoms with Crippen LogP contribution in [0.1, 0.15) is 12.5 Å². The molecule has 2 heterocycles. The van der Waals surface area contributed by atoms with E-state index in [9.17, 15) is 40.8 Å². The van der Waals surface area contributed by atoms with Crippen molar-refractivity contribution in [2.45, 2.75) is 31.1 Å². The van der Waals surface area contributed by atoms with Gasteiger partial charge in [-0.25, -0.2) is 13.2 Å². The number of rotatable bonds is 6. The number of hydrogen-bond acceptors (Lipinski definition) is 8. The molecule has 0 saturated carbocycles. The highest BCUT2D eigenvalue weighted by Gasteiger charge is 2.62. The van der Waals surface area contributed by atoms with Crippen LogP contribution in [0, 0.1) is 0 Å². The smallest absolute Gasteiger partial charge is 0.461 e. The summed E-state index contributed by atoms with van der Waals surface area (Å²) in [4.78, 5) is 48.2. The molecule has 33 heavy (non-hydrogen) atoms. The fourth-order valence-corrected chi connectivity index (χ4v) is 5.33. The zero-order valence-corrected chi connectivity index (χ0v) is 17.7. The normalized spacial score (nSPS) is 21.6. The number of fused-ring (bicyclic) bond motifs is 1. The standard InChI is InChI=1S/C19H17F3N2O8S/c1-10(25)31-8-12-9-33(29,30)16-13(23-18(28)19(20,21)22)15(26)24(16)14(12)17(27)32-7-11-5-3-2-4-6-11/h2-6,13,16H,7-9H2,1H3,(H,23,28)/t13-,16?/m0/s1. The van der Waals surface area contributed by atoms with Crippen molar-refractivity contribution in [3.63, 3.8) is 0 Å². The first-order chi connectivity index (χ1) is 15.3. The van der Waals surface area contributed by atoms with Gasteiger partial charge in [0.2, 0.25) is 0 Å². The van der Waals surface area contributed by atoms with Crippen LogP contribution in [0.4, 0.5) is 13.2 Å². The van der Waals surface area contributed by atoms with Crippen LogP contribution in [-0.4, -0.2) is 67.0 Å². The average molecular weight is 490 g/mol. The molecule has 1 saturated heterocycles. The molecule has 2 aliphatic heterocycles. The van der Waals surface area contributed by atoms with Gasteiger partial charge < -0.3 is 14.8 Å². The molecular formula is C19H17F3N2O8S. The highest BCUT2D eigenvalue weighted by Crippen LogP contribution is 2.37. The SMILES string of the molecule is CC(=O)OCC1=C(C(=O)OCc2ccccc2)N2C(=O)[C@H](NC(=O)C(F)(F)F)C2S(=O)(=O)C1. The van der Waals surface area contributed by atoms with Crippen molar-refractivity contribution < 1.29 is 50.2 Å². The number of esters is 2. The summed E-state index contributed by atoms with van der Waals surface area (Å²) < 4.78 is 73.1. The predicted molar refractivity (Wildman–Crippen MR) is 102 cm³/mol. The molecule has 10 nitrogen and oxygen atoms in total. The monoisotopic (exact) mass is 490 g/mol.